The SMILES string of the molecule is Cc1ccc(NC(=O)c2ccc3c(c2)OCCO3)cc1NC(=O)c1ccc2nc(OCC(C)N3CCCC3)ccc2c1. The summed E-state index contributed by atoms with van der Waals surface area (Å²) >= 11 is 0. The van der Waals surface area contributed by atoms with Crippen LogP contribution in [0.4, 0.5) is 11.4 Å². The van der Waals surface area contributed by atoms with Gasteiger partial charge in [-0.25, -0.2) is 4.98 Å². The normalized spacial score (nSPS) is 15.3. The number of carbonyl (C=O) groups is 2. The van der Waals surface area contributed by atoms with Crippen molar-refractivity contribution < 1.29 is 23.8 Å². The first-order valence-electron chi connectivity index (χ1n) is 14.3. The molecule has 1 atom stereocenters. The van der Waals surface area contributed by atoms with Crippen LogP contribution in [0, 0.1) is 6.92 Å². The van der Waals surface area contributed by atoms with E-state index in [4.69, 9.17) is 14.2 Å². The number of ether oxygens (including phenoxy) is 3. The summed E-state index contributed by atoms with van der Waals surface area (Å²) in [5.74, 6) is 1.21. The average molecular weight is 567 g/mol. The first kappa shape index (κ1) is 27.5. The number of nitrogens with zero attached hydrogens (tertiary/aromatic N) is 2. The first-order valence-corrected chi connectivity index (χ1v) is 14.3. The Kier molecular flexibility index (Phi) is 7.92. The number of aryl methyl sites for hydroxylation is 1. The number of amides is 2. The van der Waals surface area contributed by atoms with Gasteiger partial charge in [-0.05, 0) is 99.9 Å². The summed E-state index contributed by atoms with van der Waals surface area (Å²) in [7, 11) is 0. The van der Waals surface area contributed by atoms with Gasteiger partial charge in [0.1, 0.15) is 19.8 Å². The predicted molar refractivity (Wildman–Crippen MR) is 162 cm³/mol. The highest BCUT2D eigenvalue weighted by Gasteiger charge is 2.19. The van der Waals surface area contributed by atoms with Gasteiger partial charge in [-0.2, -0.15) is 0 Å². The number of rotatable bonds is 8. The van der Waals surface area contributed by atoms with Gasteiger partial charge >= 0.3 is 0 Å². The van der Waals surface area contributed by atoms with Gasteiger partial charge in [-0.1, -0.05) is 6.07 Å². The fourth-order valence-electron chi connectivity index (χ4n) is 5.24. The number of likely N-dealkylation sites (tertiary alicyclic amines) is 1. The highest BCUT2D eigenvalue weighted by atomic mass is 16.6. The zero-order valence-corrected chi connectivity index (χ0v) is 23.8. The monoisotopic (exact) mass is 566 g/mol. The van der Waals surface area contributed by atoms with Crippen LogP contribution in [0.3, 0.4) is 0 Å². The molecule has 42 heavy (non-hydrogen) atoms. The van der Waals surface area contributed by atoms with Crippen LogP contribution in [-0.2, 0) is 0 Å². The van der Waals surface area contributed by atoms with Crippen LogP contribution in [0.5, 0.6) is 17.4 Å². The molecule has 3 heterocycles. The molecule has 216 valence electrons. The van der Waals surface area contributed by atoms with E-state index in [9.17, 15) is 9.59 Å². The lowest BCUT2D eigenvalue weighted by atomic mass is 10.1. The molecule has 2 amide bonds. The molecule has 3 aromatic carbocycles. The van der Waals surface area contributed by atoms with Crippen LogP contribution >= 0.6 is 0 Å². The Labute approximate surface area is 244 Å². The number of carbonyl (C=O) groups excluding carboxylic acids is 2. The second-order valence-corrected chi connectivity index (χ2v) is 10.8. The third-order valence-corrected chi connectivity index (χ3v) is 7.71. The molecule has 2 aliphatic rings. The molecular weight excluding hydrogens is 532 g/mol. The third-order valence-electron chi connectivity index (χ3n) is 7.71. The number of hydrogen-bond acceptors (Lipinski definition) is 7. The second kappa shape index (κ2) is 12.1. The van der Waals surface area contributed by atoms with Crippen LogP contribution < -0.4 is 24.8 Å². The summed E-state index contributed by atoms with van der Waals surface area (Å²) in [5.41, 5.74) is 3.75. The minimum Gasteiger partial charge on any atom is -0.486 e. The Morgan fingerprint density at radius 1 is 0.881 bits per heavy atom. The van der Waals surface area contributed by atoms with Gasteiger partial charge in [0.05, 0.1) is 5.52 Å². The number of fused-ring (bicyclic) bond motifs is 2. The minimum atomic E-state index is -0.288. The molecule has 0 aliphatic carbocycles. The zero-order valence-electron chi connectivity index (χ0n) is 23.8. The van der Waals surface area contributed by atoms with Gasteiger partial charge in [0, 0.05) is 40.0 Å². The van der Waals surface area contributed by atoms with Crippen molar-refractivity contribution in [2.75, 3.05) is 43.5 Å². The highest BCUT2D eigenvalue weighted by molar-refractivity contribution is 6.08. The van der Waals surface area contributed by atoms with Crippen molar-refractivity contribution >= 4 is 34.1 Å². The Balaban J connectivity index is 1.10. The molecule has 6 rings (SSSR count). The molecule has 0 bridgehead atoms. The van der Waals surface area contributed by atoms with Crippen molar-refractivity contribution in [3.8, 4) is 17.4 Å². The molecule has 0 spiro atoms. The van der Waals surface area contributed by atoms with E-state index < -0.39 is 0 Å². The van der Waals surface area contributed by atoms with E-state index in [1.807, 2.05) is 37.3 Å². The molecule has 0 radical (unpaired) electrons. The van der Waals surface area contributed by atoms with Crippen LogP contribution in [0.15, 0.2) is 66.7 Å². The number of anilines is 2. The van der Waals surface area contributed by atoms with Gasteiger partial charge in [-0.15, -0.1) is 0 Å². The van der Waals surface area contributed by atoms with E-state index in [0.29, 0.717) is 65.7 Å². The summed E-state index contributed by atoms with van der Waals surface area (Å²) in [6.45, 7) is 7.86. The molecule has 0 saturated carbocycles. The summed E-state index contributed by atoms with van der Waals surface area (Å²) in [4.78, 5) is 33.2. The number of nitrogens with one attached hydrogen (secondary N) is 2. The van der Waals surface area contributed by atoms with E-state index in [-0.39, 0.29) is 11.8 Å². The minimum absolute atomic E-state index is 0.255. The van der Waals surface area contributed by atoms with E-state index in [0.717, 1.165) is 29.6 Å². The van der Waals surface area contributed by atoms with Crippen molar-refractivity contribution in [3.63, 3.8) is 0 Å². The van der Waals surface area contributed by atoms with E-state index >= 15 is 0 Å². The third kappa shape index (κ3) is 6.16. The van der Waals surface area contributed by atoms with Gasteiger partial charge in [0.2, 0.25) is 5.88 Å². The maximum Gasteiger partial charge on any atom is 0.255 e. The van der Waals surface area contributed by atoms with E-state index in [1.54, 1.807) is 36.4 Å². The zero-order chi connectivity index (χ0) is 29.1. The summed E-state index contributed by atoms with van der Waals surface area (Å²) in [5, 5.41) is 6.73. The molecule has 1 aromatic heterocycles. The van der Waals surface area contributed by atoms with E-state index in [1.165, 1.54) is 12.8 Å². The maximum atomic E-state index is 13.2. The fourth-order valence-corrected chi connectivity index (χ4v) is 5.24. The summed E-state index contributed by atoms with van der Waals surface area (Å²) in [6.07, 6.45) is 2.50. The van der Waals surface area contributed by atoms with Crippen molar-refractivity contribution in [3.05, 3.63) is 83.4 Å². The summed E-state index contributed by atoms with van der Waals surface area (Å²) < 4.78 is 17.1. The standard InChI is InChI=1S/C33H34N4O5/c1-21-5-9-26(34-32(38)25-7-11-29-30(18-25)41-16-15-40-29)19-28(21)36-33(39)24-6-10-27-23(17-24)8-12-31(35-27)42-20-22(2)37-13-3-4-14-37/h5-12,17-19,22H,3-4,13-16,20H2,1-2H3,(H,34,38)(H,36,39). The Morgan fingerprint density at radius 2 is 1.62 bits per heavy atom. The first-order chi connectivity index (χ1) is 20.4. The number of pyridine rings is 1. The molecule has 1 saturated heterocycles. The van der Waals surface area contributed by atoms with Crippen LogP contribution in [0.25, 0.3) is 10.9 Å². The quantitative estimate of drug-likeness (QED) is 0.283. The molecule has 2 aliphatic heterocycles. The van der Waals surface area contributed by atoms with Gasteiger partial charge in [0.25, 0.3) is 11.8 Å². The predicted octanol–water partition coefficient (Wildman–Crippen LogP) is 5.68. The van der Waals surface area contributed by atoms with Crippen molar-refractivity contribution in [2.45, 2.75) is 32.7 Å². The average Bonchev–Trinajstić information content (AvgIpc) is 3.56. The van der Waals surface area contributed by atoms with Crippen LogP contribution in [0.2, 0.25) is 0 Å². The lowest BCUT2D eigenvalue weighted by Crippen LogP contribution is -2.34. The number of aromatic nitrogens is 1. The Hall–Kier alpha value is -4.63. The smallest absolute Gasteiger partial charge is 0.255 e. The van der Waals surface area contributed by atoms with Crippen LogP contribution in [-0.4, -0.2) is 60.7 Å². The van der Waals surface area contributed by atoms with Gasteiger partial charge in [-0.3, -0.25) is 14.5 Å². The van der Waals surface area contributed by atoms with E-state index in [2.05, 4.69) is 27.4 Å². The lowest BCUT2D eigenvalue weighted by Gasteiger charge is -2.23. The molecule has 4 aromatic rings. The second-order valence-electron chi connectivity index (χ2n) is 10.8. The van der Waals surface area contributed by atoms with Crippen molar-refractivity contribution in [2.24, 2.45) is 0 Å². The Bertz CT molecular complexity index is 1630. The fraction of sp³-hybridized carbons (Fsp3) is 0.303. The largest absolute Gasteiger partial charge is 0.486 e. The topological polar surface area (TPSA) is 102 Å². The maximum absolute atomic E-state index is 13.2. The van der Waals surface area contributed by atoms with Gasteiger partial charge in [0.15, 0.2) is 11.5 Å². The Morgan fingerprint density at radius 3 is 2.45 bits per heavy atom. The summed E-state index contributed by atoms with van der Waals surface area (Å²) in [6, 6.07) is 20.0. The molecule has 2 N–H and O–H groups in total. The number of hydrogen-bond donors (Lipinski definition) is 2. The molecule has 1 fully saturated rings. The molecular formula is C33H34N4O5. The molecule has 9 heteroatoms. The number of benzene rings is 3. The highest BCUT2D eigenvalue weighted by Crippen LogP contribution is 2.31. The van der Waals surface area contributed by atoms with Crippen molar-refractivity contribution in [1.29, 1.82) is 0 Å². The van der Waals surface area contributed by atoms with Gasteiger partial charge < -0.3 is 24.8 Å². The lowest BCUT2D eigenvalue weighted by molar-refractivity contribution is 0.101. The van der Waals surface area contributed by atoms with Crippen molar-refractivity contribution in [1.82, 2.24) is 9.88 Å². The molecule has 1 unspecified atom stereocenters. The molecule has 9 nitrogen and oxygen atoms in total. The van der Waals surface area contributed by atoms with Crippen LogP contribution in [0.1, 0.15) is 46.0 Å².